The first-order valence-corrected chi connectivity index (χ1v) is 7.81. The van der Waals surface area contributed by atoms with E-state index in [4.69, 9.17) is 11.6 Å². The second-order valence-corrected chi connectivity index (χ2v) is 5.63. The molecule has 0 aliphatic heterocycles. The summed E-state index contributed by atoms with van der Waals surface area (Å²) in [5.74, 6) is -2.39. The topological polar surface area (TPSA) is 58.2 Å². The van der Waals surface area contributed by atoms with E-state index in [-0.39, 0.29) is 18.1 Å². The van der Waals surface area contributed by atoms with Gasteiger partial charge >= 0.3 is 12.1 Å². The summed E-state index contributed by atoms with van der Waals surface area (Å²) in [7, 11) is 0. The molecule has 2 aromatic carbocycles. The third kappa shape index (κ3) is 5.93. The molecule has 0 unspecified atom stereocenters. The van der Waals surface area contributed by atoms with Crippen molar-refractivity contribution in [2.75, 3.05) is 5.32 Å². The number of halogens is 4. The molecule has 8 heteroatoms. The Bertz CT molecular complexity index is 818. The van der Waals surface area contributed by atoms with Crippen LogP contribution in [-0.2, 0) is 16.1 Å². The molecule has 0 radical (unpaired) electrons. The normalized spacial score (nSPS) is 11.4. The van der Waals surface area contributed by atoms with Gasteiger partial charge in [-0.2, -0.15) is 13.2 Å². The number of rotatable bonds is 5. The Morgan fingerprint density at radius 2 is 1.69 bits per heavy atom. The zero-order valence-electron chi connectivity index (χ0n) is 13.3. The van der Waals surface area contributed by atoms with Gasteiger partial charge in [0.1, 0.15) is 0 Å². The number of benzene rings is 2. The summed E-state index contributed by atoms with van der Waals surface area (Å²) in [4.78, 5) is 22.6. The molecule has 0 aromatic heterocycles. The summed E-state index contributed by atoms with van der Waals surface area (Å²) in [5.41, 5.74) is 1.38. The third-order valence-electron chi connectivity index (χ3n) is 3.26. The summed E-state index contributed by atoms with van der Waals surface area (Å²) in [6.07, 6.45) is -2.03. The maximum absolute atomic E-state index is 12.2. The van der Waals surface area contributed by atoms with Gasteiger partial charge in [-0.25, -0.2) is 0 Å². The summed E-state index contributed by atoms with van der Waals surface area (Å²) >= 11 is 5.98. The highest BCUT2D eigenvalue weighted by Crippen LogP contribution is 2.18. The number of hydrogen-bond acceptors (Lipinski definition) is 2. The Hall–Kier alpha value is -2.80. The smallest absolute Gasteiger partial charge is 0.348 e. The first kappa shape index (κ1) is 19.5. The van der Waals surface area contributed by atoms with Crippen molar-refractivity contribution in [3.05, 3.63) is 70.8 Å². The van der Waals surface area contributed by atoms with Crippen molar-refractivity contribution in [1.82, 2.24) is 5.32 Å². The molecule has 0 heterocycles. The Labute approximate surface area is 152 Å². The van der Waals surface area contributed by atoms with Crippen molar-refractivity contribution in [2.45, 2.75) is 12.7 Å². The first-order chi connectivity index (χ1) is 12.3. The molecule has 2 aromatic rings. The van der Waals surface area contributed by atoms with Crippen LogP contribution < -0.4 is 10.6 Å². The van der Waals surface area contributed by atoms with E-state index >= 15 is 0 Å². The van der Waals surface area contributed by atoms with Crippen LogP contribution in [0.25, 0.3) is 6.08 Å². The van der Waals surface area contributed by atoms with Gasteiger partial charge in [-0.15, -0.1) is 0 Å². The standard InChI is InChI=1S/C18H14ClF3N2O2/c19-15-4-2-1-3-13(15)7-10-16(25)23-11-12-5-8-14(9-6-12)24-17(26)18(20,21)22/h1-10H,11H2,(H,23,25)(H,24,26)/b10-7+. The minimum absolute atomic E-state index is 0.0148. The second kappa shape index (κ2) is 8.53. The van der Waals surface area contributed by atoms with Crippen LogP contribution in [0.3, 0.4) is 0 Å². The molecular formula is C18H14ClF3N2O2. The number of amides is 2. The van der Waals surface area contributed by atoms with Crippen molar-refractivity contribution in [3.63, 3.8) is 0 Å². The van der Waals surface area contributed by atoms with Crippen molar-refractivity contribution in [2.24, 2.45) is 0 Å². The van der Waals surface area contributed by atoms with Crippen LogP contribution in [0, 0.1) is 0 Å². The predicted octanol–water partition coefficient (Wildman–Crippen LogP) is 4.17. The summed E-state index contributed by atoms with van der Waals surface area (Å²) < 4.78 is 36.5. The molecule has 2 rings (SSSR count). The molecule has 0 aliphatic carbocycles. The van der Waals surface area contributed by atoms with Gasteiger partial charge in [0.15, 0.2) is 0 Å². The lowest BCUT2D eigenvalue weighted by Crippen LogP contribution is -2.29. The zero-order valence-corrected chi connectivity index (χ0v) is 14.1. The number of carbonyl (C=O) groups is 2. The molecule has 0 spiro atoms. The van der Waals surface area contributed by atoms with Crippen molar-refractivity contribution in [1.29, 1.82) is 0 Å². The lowest BCUT2D eigenvalue weighted by Gasteiger charge is -2.09. The van der Waals surface area contributed by atoms with E-state index in [9.17, 15) is 22.8 Å². The zero-order chi connectivity index (χ0) is 19.2. The number of carbonyl (C=O) groups excluding carboxylic acids is 2. The highest BCUT2D eigenvalue weighted by Gasteiger charge is 2.38. The van der Waals surface area contributed by atoms with E-state index in [0.29, 0.717) is 16.1 Å². The fraction of sp³-hybridized carbons (Fsp3) is 0.111. The Kier molecular flexibility index (Phi) is 6.41. The molecule has 0 fully saturated rings. The monoisotopic (exact) mass is 382 g/mol. The highest BCUT2D eigenvalue weighted by atomic mass is 35.5. The maximum Gasteiger partial charge on any atom is 0.471 e. The number of anilines is 1. The molecule has 136 valence electrons. The van der Waals surface area contributed by atoms with Gasteiger partial charge in [0.05, 0.1) is 0 Å². The Balaban J connectivity index is 1.87. The van der Waals surface area contributed by atoms with Gasteiger partial charge in [-0.05, 0) is 35.4 Å². The predicted molar refractivity (Wildman–Crippen MR) is 93.5 cm³/mol. The summed E-state index contributed by atoms with van der Waals surface area (Å²) in [6.45, 7) is 0.180. The van der Waals surface area contributed by atoms with Gasteiger partial charge in [-0.1, -0.05) is 41.9 Å². The second-order valence-electron chi connectivity index (χ2n) is 5.22. The van der Waals surface area contributed by atoms with E-state index < -0.39 is 12.1 Å². The van der Waals surface area contributed by atoms with Gasteiger partial charge in [0.25, 0.3) is 0 Å². The van der Waals surface area contributed by atoms with Crippen LogP contribution in [0.5, 0.6) is 0 Å². The maximum atomic E-state index is 12.2. The van der Waals surface area contributed by atoms with E-state index in [0.717, 1.165) is 0 Å². The largest absolute Gasteiger partial charge is 0.471 e. The van der Waals surface area contributed by atoms with Crippen LogP contribution in [0.4, 0.5) is 18.9 Å². The average Bonchev–Trinajstić information content (AvgIpc) is 2.59. The highest BCUT2D eigenvalue weighted by molar-refractivity contribution is 6.32. The fourth-order valence-corrected chi connectivity index (χ4v) is 2.13. The third-order valence-corrected chi connectivity index (χ3v) is 3.60. The van der Waals surface area contributed by atoms with Crippen LogP contribution in [-0.4, -0.2) is 18.0 Å². The first-order valence-electron chi connectivity index (χ1n) is 7.43. The molecule has 2 N–H and O–H groups in total. The van der Waals surface area contributed by atoms with Gasteiger partial charge in [0.2, 0.25) is 5.91 Å². The molecule has 0 bridgehead atoms. The van der Waals surface area contributed by atoms with E-state index in [1.165, 1.54) is 30.3 Å². The lowest BCUT2D eigenvalue weighted by atomic mass is 10.2. The van der Waals surface area contributed by atoms with Crippen LogP contribution >= 0.6 is 11.6 Å². The Morgan fingerprint density at radius 3 is 2.31 bits per heavy atom. The molecule has 0 atom stereocenters. The molecule has 2 amide bonds. The number of hydrogen-bond donors (Lipinski definition) is 2. The molecule has 26 heavy (non-hydrogen) atoms. The summed E-state index contributed by atoms with van der Waals surface area (Å²) in [5, 5.41) is 4.90. The minimum Gasteiger partial charge on any atom is -0.348 e. The SMILES string of the molecule is O=C(/C=C/c1ccccc1Cl)NCc1ccc(NC(=O)C(F)(F)F)cc1. The van der Waals surface area contributed by atoms with Crippen LogP contribution in [0.2, 0.25) is 5.02 Å². The van der Waals surface area contributed by atoms with Gasteiger partial charge in [0, 0.05) is 23.3 Å². The van der Waals surface area contributed by atoms with Crippen molar-refractivity contribution in [3.8, 4) is 0 Å². The van der Waals surface area contributed by atoms with Crippen molar-refractivity contribution >= 4 is 35.2 Å². The molecule has 0 saturated carbocycles. The van der Waals surface area contributed by atoms with Gasteiger partial charge in [-0.3, -0.25) is 9.59 Å². The van der Waals surface area contributed by atoms with Crippen LogP contribution in [0.15, 0.2) is 54.6 Å². The number of alkyl halides is 3. The average molecular weight is 383 g/mol. The van der Waals surface area contributed by atoms with E-state index in [2.05, 4.69) is 5.32 Å². The fourth-order valence-electron chi connectivity index (χ4n) is 1.93. The summed E-state index contributed by atoms with van der Waals surface area (Å²) in [6, 6.07) is 12.7. The van der Waals surface area contributed by atoms with Gasteiger partial charge < -0.3 is 10.6 Å². The molecular weight excluding hydrogens is 369 g/mol. The lowest BCUT2D eigenvalue weighted by molar-refractivity contribution is -0.167. The quantitative estimate of drug-likeness (QED) is 0.762. The molecule has 4 nitrogen and oxygen atoms in total. The number of nitrogens with one attached hydrogen (secondary N) is 2. The minimum atomic E-state index is -4.94. The Morgan fingerprint density at radius 1 is 1.04 bits per heavy atom. The molecule has 0 aliphatic rings. The van der Waals surface area contributed by atoms with E-state index in [1.807, 2.05) is 0 Å². The van der Waals surface area contributed by atoms with Crippen LogP contribution in [0.1, 0.15) is 11.1 Å². The molecule has 0 saturated heterocycles. The van der Waals surface area contributed by atoms with E-state index in [1.54, 1.807) is 35.7 Å². The van der Waals surface area contributed by atoms with Crippen molar-refractivity contribution < 1.29 is 22.8 Å².